The lowest BCUT2D eigenvalue weighted by atomic mass is 10.1. The third-order valence-electron chi connectivity index (χ3n) is 6.50. The first kappa shape index (κ1) is 26.7. The summed E-state index contributed by atoms with van der Waals surface area (Å²) < 4.78 is 19.8. The van der Waals surface area contributed by atoms with E-state index in [0.29, 0.717) is 19.4 Å². The van der Waals surface area contributed by atoms with Crippen molar-refractivity contribution >= 4 is 31.2 Å². The standard InChI is InChI=1S/C26H30N3O7P/c1-2-36-37(35,27-22-13-8-14-28(26(22)34)16-23(30)31)17-19(15-18-9-4-3-5-10-18)29-24(32)20-11-6-7-12-21(20)25(29)33/h3-7,9-12,19,22H,2,8,13-17H2,1H3,(H,27,35)(H,30,31)/t19?,22-,37?/m0/s1. The van der Waals surface area contributed by atoms with Gasteiger partial charge in [-0.15, -0.1) is 0 Å². The minimum Gasteiger partial charge on any atom is -0.480 e. The number of hydrogen-bond donors (Lipinski definition) is 2. The van der Waals surface area contributed by atoms with Crippen LogP contribution in [0.1, 0.15) is 46.0 Å². The van der Waals surface area contributed by atoms with Gasteiger partial charge in [0.15, 0.2) is 0 Å². The van der Waals surface area contributed by atoms with E-state index in [0.717, 1.165) is 10.5 Å². The Balaban J connectivity index is 1.62. The molecule has 37 heavy (non-hydrogen) atoms. The van der Waals surface area contributed by atoms with Gasteiger partial charge in [-0.2, -0.15) is 0 Å². The number of benzene rings is 2. The van der Waals surface area contributed by atoms with Gasteiger partial charge in [0, 0.05) is 6.54 Å². The van der Waals surface area contributed by atoms with Crippen molar-refractivity contribution in [2.45, 2.75) is 38.3 Å². The highest BCUT2D eigenvalue weighted by atomic mass is 31.2. The molecule has 3 atom stereocenters. The number of rotatable bonds is 11. The lowest BCUT2D eigenvalue weighted by Gasteiger charge is -2.35. The van der Waals surface area contributed by atoms with E-state index in [2.05, 4.69) is 5.09 Å². The molecule has 3 amide bonds. The molecule has 2 aromatic rings. The SMILES string of the molecule is CCOP(=O)(CC(Cc1ccccc1)N1C(=O)c2ccccc2C1=O)N[C@H]1CCCN(CC(=O)O)C1=O. The Morgan fingerprint density at radius 2 is 1.70 bits per heavy atom. The third kappa shape index (κ3) is 5.98. The number of imide groups is 1. The van der Waals surface area contributed by atoms with Crippen LogP contribution in [0.2, 0.25) is 0 Å². The zero-order valence-electron chi connectivity index (χ0n) is 20.5. The van der Waals surface area contributed by atoms with E-state index in [9.17, 15) is 23.7 Å². The molecule has 1 fully saturated rings. The van der Waals surface area contributed by atoms with E-state index < -0.39 is 49.8 Å². The highest BCUT2D eigenvalue weighted by molar-refractivity contribution is 7.57. The quantitative estimate of drug-likeness (QED) is 0.337. The summed E-state index contributed by atoms with van der Waals surface area (Å²) in [5, 5.41) is 12.0. The fourth-order valence-corrected chi connectivity index (χ4v) is 7.17. The number of aliphatic carboxylic acids is 1. The first-order valence-corrected chi connectivity index (χ1v) is 14.1. The van der Waals surface area contributed by atoms with Crippen LogP contribution < -0.4 is 5.09 Å². The molecule has 0 bridgehead atoms. The summed E-state index contributed by atoms with van der Waals surface area (Å²) >= 11 is 0. The number of nitrogens with zero attached hydrogens (tertiary/aromatic N) is 2. The van der Waals surface area contributed by atoms with Crippen molar-refractivity contribution in [3.63, 3.8) is 0 Å². The average molecular weight is 528 g/mol. The largest absolute Gasteiger partial charge is 0.480 e. The maximum Gasteiger partial charge on any atom is 0.323 e. The van der Waals surface area contributed by atoms with E-state index in [1.54, 1.807) is 31.2 Å². The molecule has 2 aromatic carbocycles. The van der Waals surface area contributed by atoms with E-state index in [1.165, 1.54) is 4.90 Å². The maximum atomic E-state index is 14.1. The van der Waals surface area contributed by atoms with Crippen LogP contribution in [0, 0.1) is 0 Å². The zero-order chi connectivity index (χ0) is 26.6. The number of carboxylic acids is 1. The van der Waals surface area contributed by atoms with Gasteiger partial charge in [0.25, 0.3) is 19.3 Å². The molecular formula is C26H30N3O7P. The van der Waals surface area contributed by atoms with Gasteiger partial charge in [-0.05, 0) is 43.9 Å². The molecule has 10 nitrogen and oxygen atoms in total. The van der Waals surface area contributed by atoms with Crippen LogP contribution in [0.5, 0.6) is 0 Å². The molecule has 196 valence electrons. The van der Waals surface area contributed by atoms with Crippen LogP contribution >= 0.6 is 7.52 Å². The molecule has 2 aliphatic rings. The maximum absolute atomic E-state index is 14.1. The Labute approximate surface area is 215 Å². The second kappa shape index (κ2) is 11.4. The second-order valence-electron chi connectivity index (χ2n) is 9.12. The average Bonchev–Trinajstić information content (AvgIpc) is 3.12. The van der Waals surface area contributed by atoms with Gasteiger partial charge in [-0.3, -0.25) is 28.6 Å². The van der Waals surface area contributed by atoms with E-state index >= 15 is 0 Å². The predicted octanol–water partition coefficient (Wildman–Crippen LogP) is 2.79. The van der Waals surface area contributed by atoms with Gasteiger partial charge in [0.1, 0.15) is 6.54 Å². The number of likely N-dealkylation sites (tertiary alicyclic amines) is 1. The van der Waals surface area contributed by atoms with Crippen LogP contribution in [0.25, 0.3) is 0 Å². The minimum absolute atomic E-state index is 0.0736. The fourth-order valence-electron chi connectivity index (χ4n) is 4.91. The first-order valence-electron chi connectivity index (χ1n) is 12.2. The smallest absolute Gasteiger partial charge is 0.323 e. The Morgan fingerprint density at radius 1 is 1.08 bits per heavy atom. The topological polar surface area (TPSA) is 133 Å². The molecule has 0 radical (unpaired) electrons. The molecule has 0 aliphatic carbocycles. The van der Waals surface area contributed by atoms with Crippen molar-refractivity contribution in [3.8, 4) is 0 Å². The molecule has 0 saturated carbocycles. The van der Waals surface area contributed by atoms with Crippen molar-refractivity contribution in [2.75, 3.05) is 25.9 Å². The van der Waals surface area contributed by atoms with E-state index in [-0.39, 0.29) is 30.3 Å². The van der Waals surface area contributed by atoms with Crippen LogP contribution in [0.15, 0.2) is 54.6 Å². The Bertz CT molecular complexity index is 1200. The van der Waals surface area contributed by atoms with Crippen molar-refractivity contribution in [2.24, 2.45) is 0 Å². The lowest BCUT2D eigenvalue weighted by molar-refractivity contribution is -0.146. The molecule has 4 rings (SSSR count). The number of amides is 3. The normalized spacial score (nSPS) is 20.0. The first-order chi connectivity index (χ1) is 17.7. The summed E-state index contributed by atoms with van der Waals surface area (Å²) in [6.07, 6.45) is 0.940. The molecule has 2 N–H and O–H groups in total. The monoisotopic (exact) mass is 527 g/mol. The van der Waals surface area contributed by atoms with Crippen LogP contribution in [-0.2, 0) is 25.1 Å². The molecule has 2 aliphatic heterocycles. The predicted molar refractivity (Wildman–Crippen MR) is 135 cm³/mol. The molecule has 2 unspecified atom stereocenters. The summed E-state index contributed by atoms with van der Waals surface area (Å²) in [5.74, 6) is -2.53. The molecular weight excluding hydrogens is 497 g/mol. The number of piperidine rings is 1. The number of hydrogen-bond acceptors (Lipinski definition) is 6. The number of carboxylic acid groups (broad SMARTS) is 1. The summed E-state index contributed by atoms with van der Waals surface area (Å²) in [7, 11) is -3.77. The fraction of sp³-hybridized carbons (Fsp3) is 0.385. The van der Waals surface area contributed by atoms with E-state index in [1.807, 2.05) is 30.3 Å². The van der Waals surface area contributed by atoms with Crippen LogP contribution in [0.3, 0.4) is 0 Å². The van der Waals surface area contributed by atoms with Crippen molar-refractivity contribution in [3.05, 3.63) is 71.3 Å². The van der Waals surface area contributed by atoms with Crippen LogP contribution in [0.4, 0.5) is 0 Å². The lowest BCUT2D eigenvalue weighted by Crippen LogP contribution is -2.52. The van der Waals surface area contributed by atoms with Gasteiger partial charge in [-0.25, -0.2) is 5.09 Å². The summed E-state index contributed by atoms with van der Waals surface area (Å²) in [5.41, 5.74) is 1.42. The Kier molecular flexibility index (Phi) is 8.22. The highest BCUT2D eigenvalue weighted by Crippen LogP contribution is 2.46. The Hall–Kier alpha value is -3.33. The van der Waals surface area contributed by atoms with E-state index in [4.69, 9.17) is 9.63 Å². The van der Waals surface area contributed by atoms with Crippen molar-refractivity contribution < 1.29 is 33.4 Å². The number of fused-ring (bicyclic) bond motifs is 1. The number of nitrogens with one attached hydrogen (secondary N) is 1. The number of carbonyl (C=O) groups is 4. The Morgan fingerprint density at radius 3 is 2.30 bits per heavy atom. The van der Waals surface area contributed by atoms with Gasteiger partial charge in [0.05, 0.1) is 36.0 Å². The van der Waals surface area contributed by atoms with Gasteiger partial charge in [0.2, 0.25) is 5.91 Å². The van der Waals surface area contributed by atoms with Crippen LogP contribution in [-0.4, -0.2) is 76.5 Å². The van der Waals surface area contributed by atoms with Gasteiger partial charge < -0.3 is 14.5 Å². The summed E-state index contributed by atoms with van der Waals surface area (Å²) in [6.45, 7) is 1.60. The molecule has 0 aromatic heterocycles. The molecule has 2 heterocycles. The summed E-state index contributed by atoms with van der Waals surface area (Å²) in [6, 6.07) is 14.1. The van der Waals surface area contributed by atoms with Crippen molar-refractivity contribution in [1.82, 2.24) is 14.9 Å². The van der Waals surface area contributed by atoms with Gasteiger partial charge in [-0.1, -0.05) is 42.5 Å². The third-order valence-corrected chi connectivity index (χ3v) is 8.79. The minimum atomic E-state index is -3.77. The molecule has 1 saturated heterocycles. The zero-order valence-corrected chi connectivity index (χ0v) is 21.4. The summed E-state index contributed by atoms with van der Waals surface area (Å²) in [4.78, 5) is 53.1. The molecule has 11 heteroatoms. The number of carbonyl (C=O) groups excluding carboxylic acids is 3. The van der Waals surface area contributed by atoms with Crippen molar-refractivity contribution in [1.29, 1.82) is 0 Å². The van der Waals surface area contributed by atoms with Gasteiger partial charge >= 0.3 is 5.97 Å². The highest BCUT2D eigenvalue weighted by Gasteiger charge is 2.44. The second-order valence-corrected chi connectivity index (χ2v) is 11.3. The molecule has 0 spiro atoms.